The van der Waals surface area contributed by atoms with Crippen molar-refractivity contribution >= 4 is 27.8 Å². The van der Waals surface area contributed by atoms with Gasteiger partial charge in [0.05, 0.1) is 12.4 Å². The average molecular weight is 308 g/mol. The quantitative estimate of drug-likeness (QED) is 0.941. The maximum atomic E-state index is 12.1. The Morgan fingerprint density at radius 3 is 2.94 bits per heavy atom. The van der Waals surface area contributed by atoms with Gasteiger partial charge in [-0.1, -0.05) is 0 Å². The van der Waals surface area contributed by atoms with Gasteiger partial charge in [-0.05, 0) is 34.8 Å². The minimum absolute atomic E-state index is 0.210. The molecule has 3 rings (SSSR count). The normalized spacial score (nSPS) is 14.5. The number of carbonyl (C=O) groups is 1. The van der Waals surface area contributed by atoms with Gasteiger partial charge >= 0.3 is 0 Å². The highest BCUT2D eigenvalue weighted by Gasteiger charge is 2.27. The van der Waals surface area contributed by atoms with E-state index in [0.29, 0.717) is 11.7 Å². The predicted octanol–water partition coefficient (Wildman–Crippen LogP) is 2.02. The summed E-state index contributed by atoms with van der Waals surface area (Å²) >= 11 is 3.39. The summed E-state index contributed by atoms with van der Waals surface area (Å²) in [6.07, 6.45) is 7.10. The van der Waals surface area contributed by atoms with Crippen molar-refractivity contribution in [3.05, 3.63) is 34.8 Å². The Morgan fingerprint density at radius 2 is 2.28 bits per heavy atom. The molecule has 0 aromatic carbocycles. The molecule has 0 radical (unpaired) electrons. The van der Waals surface area contributed by atoms with E-state index in [1.165, 1.54) is 12.4 Å². The molecule has 0 aliphatic heterocycles. The summed E-state index contributed by atoms with van der Waals surface area (Å²) in [7, 11) is 0. The summed E-state index contributed by atoms with van der Waals surface area (Å²) in [5.41, 5.74) is 0.608. The molecule has 1 saturated carbocycles. The number of anilines is 1. The molecule has 2 aromatic rings. The van der Waals surface area contributed by atoms with Crippen LogP contribution in [0.2, 0.25) is 0 Å². The summed E-state index contributed by atoms with van der Waals surface area (Å²) in [5.74, 6) is -0.0113. The lowest BCUT2D eigenvalue weighted by molar-refractivity contribution is 0.101. The van der Waals surface area contributed by atoms with Crippen LogP contribution in [0.4, 0.5) is 5.95 Å². The van der Waals surface area contributed by atoms with Crippen LogP contribution in [0.15, 0.2) is 29.1 Å². The Balaban J connectivity index is 1.84. The van der Waals surface area contributed by atoms with Crippen LogP contribution < -0.4 is 5.32 Å². The summed E-state index contributed by atoms with van der Waals surface area (Å²) in [5, 5.41) is 10.0. The van der Waals surface area contributed by atoms with Crippen molar-refractivity contribution in [2.24, 2.45) is 0 Å². The zero-order valence-corrected chi connectivity index (χ0v) is 11.0. The summed E-state index contributed by atoms with van der Waals surface area (Å²) < 4.78 is 2.88. The molecule has 0 spiro atoms. The molecule has 1 N–H and O–H groups in total. The van der Waals surface area contributed by atoms with E-state index in [-0.39, 0.29) is 11.9 Å². The van der Waals surface area contributed by atoms with Crippen molar-refractivity contribution in [2.45, 2.75) is 18.9 Å². The van der Waals surface area contributed by atoms with Crippen LogP contribution in [-0.4, -0.2) is 25.7 Å². The van der Waals surface area contributed by atoms with Crippen LogP contribution in [0.1, 0.15) is 29.4 Å². The molecule has 0 unspecified atom stereocenters. The number of amides is 1. The predicted molar refractivity (Wildman–Crippen MR) is 68.2 cm³/mol. The number of hydrogen-bond acceptors (Lipinski definition) is 4. The minimum Gasteiger partial charge on any atom is -0.339 e. The van der Waals surface area contributed by atoms with E-state index >= 15 is 0 Å². The fourth-order valence-corrected chi connectivity index (χ4v) is 2.19. The first-order valence-electron chi connectivity index (χ1n) is 5.56. The number of nitrogens with one attached hydrogen (secondary N) is 1. The lowest BCUT2D eigenvalue weighted by Gasteiger charge is -2.06. The summed E-state index contributed by atoms with van der Waals surface area (Å²) in [4.78, 5) is 16.0. The maximum absolute atomic E-state index is 12.1. The highest BCUT2D eigenvalue weighted by molar-refractivity contribution is 9.10. The standard InChI is InChI=1S/C11H10BrN5O/c12-7-5-9(17(6-7)8-1-2-8)10(18)15-11-13-3-4-14-16-11/h3-6,8H,1-2H2,(H,13,15,16,18). The van der Waals surface area contributed by atoms with Crippen LogP contribution in [0.25, 0.3) is 0 Å². The third kappa shape index (κ3) is 2.26. The Kier molecular flexibility index (Phi) is 2.83. The van der Waals surface area contributed by atoms with E-state index in [9.17, 15) is 4.79 Å². The lowest BCUT2D eigenvalue weighted by atomic mass is 10.4. The van der Waals surface area contributed by atoms with E-state index in [1.807, 2.05) is 10.8 Å². The fourth-order valence-electron chi connectivity index (χ4n) is 1.75. The zero-order valence-electron chi connectivity index (χ0n) is 9.38. The molecule has 7 heteroatoms. The van der Waals surface area contributed by atoms with Crippen molar-refractivity contribution in [2.75, 3.05) is 5.32 Å². The summed E-state index contributed by atoms with van der Waals surface area (Å²) in [6.45, 7) is 0. The molecular formula is C11H10BrN5O. The van der Waals surface area contributed by atoms with Crippen LogP contribution in [-0.2, 0) is 0 Å². The van der Waals surface area contributed by atoms with Crippen LogP contribution in [0, 0.1) is 0 Å². The Bertz CT molecular complexity index is 578. The van der Waals surface area contributed by atoms with E-state index in [4.69, 9.17) is 0 Å². The van der Waals surface area contributed by atoms with Gasteiger partial charge in [0.1, 0.15) is 5.69 Å². The van der Waals surface area contributed by atoms with Gasteiger partial charge in [0.2, 0.25) is 5.95 Å². The van der Waals surface area contributed by atoms with E-state index in [0.717, 1.165) is 17.3 Å². The van der Waals surface area contributed by atoms with Crippen molar-refractivity contribution in [3.63, 3.8) is 0 Å². The van der Waals surface area contributed by atoms with Crippen LogP contribution in [0.5, 0.6) is 0 Å². The second-order valence-electron chi connectivity index (χ2n) is 4.10. The first-order valence-corrected chi connectivity index (χ1v) is 6.36. The molecule has 1 amide bonds. The van der Waals surface area contributed by atoms with Gasteiger partial charge in [-0.3, -0.25) is 10.1 Å². The van der Waals surface area contributed by atoms with Gasteiger partial charge in [-0.25, -0.2) is 4.98 Å². The van der Waals surface area contributed by atoms with E-state index in [2.05, 4.69) is 36.4 Å². The van der Waals surface area contributed by atoms with Gasteiger partial charge in [-0.2, -0.15) is 5.10 Å². The van der Waals surface area contributed by atoms with Gasteiger partial charge < -0.3 is 4.57 Å². The molecule has 0 bridgehead atoms. The maximum Gasteiger partial charge on any atom is 0.274 e. The third-order valence-corrected chi connectivity index (χ3v) is 3.13. The number of rotatable bonds is 3. The van der Waals surface area contributed by atoms with Crippen molar-refractivity contribution in [1.82, 2.24) is 19.7 Å². The van der Waals surface area contributed by atoms with Crippen molar-refractivity contribution < 1.29 is 4.79 Å². The van der Waals surface area contributed by atoms with Gasteiger partial charge in [-0.15, -0.1) is 5.10 Å². The molecule has 0 atom stereocenters. The SMILES string of the molecule is O=C(Nc1nccnn1)c1cc(Br)cn1C1CC1. The number of nitrogens with zero attached hydrogens (tertiary/aromatic N) is 4. The van der Waals surface area contributed by atoms with Crippen LogP contribution >= 0.6 is 15.9 Å². The lowest BCUT2D eigenvalue weighted by Crippen LogP contribution is -2.18. The van der Waals surface area contributed by atoms with Crippen molar-refractivity contribution in [3.8, 4) is 0 Å². The molecular weight excluding hydrogens is 298 g/mol. The minimum atomic E-state index is -0.222. The van der Waals surface area contributed by atoms with Gasteiger partial charge in [0, 0.05) is 16.7 Å². The van der Waals surface area contributed by atoms with Gasteiger partial charge in [0.25, 0.3) is 5.91 Å². The second-order valence-corrected chi connectivity index (χ2v) is 5.02. The topological polar surface area (TPSA) is 72.7 Å². The highest BCUT2D eigenvalue weighted by Crippen LogP contribution is 2.37. The van der Waals surface area contributed by atoms with E-state index < -0.39 is 0 Å². The molecule has 2 aromatic heterocycles. The largest absolute Gasteiger partial charge is 0.339 e. The molecule has 0 saturated heterocycles. The summed E-state index contributed by atoms with van der Waals surface area (Å²) in [6, 6.07) is 2.23. The highest BCUT2D eigenvalue weighted by atomic mass is 79.9. The zero-order chi connectivity index (χ0) is 12.5. The average Bonchev–Trinajstić information content (AvgIpc) is 3.13. The third-order valence-electron chi connectivity index (χ3n) is 2.70. The number of aromatic nitrogens is 4. The fraction of sp³-hybridized carbons (Fsp3) is 0.273. The second kappa shape index (κ2) is 4.49. The van der Waals surface area contributed by atoms with Crippen molar-refractivity contribution in [1.29, 1.82) is 0 Å². The Hall–Kier alpha value is -1.76. The van der Waals surface area contributed by atoms with Gasteiger partial charge in [0.15, 0.2) is 0 Å². The number of carbonyl (C=O) groups excluding carboxylic acids is 1. The Labute approximate surface area is 112 Å². The molecule has 92 valence electrons. The first-order chi connectivity index (χ1) is 8.74. The molecule has 1 aliphatic carbocycles. The monoisotopic (exact) mass is 307 g/mol. The smallest absolute Gasteiger partial charge is 0.274 e. The van der Waals surface area contributed by atoms with Crippen LogP contribution in [0.3, 0.4) is 0 Å². The Morgan fingerprint density at radius 1 is 1.44 bits per heavy atom. The molecule has 6 nitrogen and oxygen atoms in total. The first kappa shape index (κ1) is 11.3. The number of halogens is 1. The molecule has 18 heavy (non-hydrogen) atoms. The molecule has 2 heterocycles. The molecule has 1 fully saturated rings. The molecule has 1 aliphatic rings. The number of hydrogen-bond donors (Lipinski definition) is 1. The van der Waals surface area contributed by atoms with E-state index in [1.54, 1.807) is 6.07 Å².